The van der Waals surface area contributed by atoms with Crippen LogP contribution in [0.3, 0.4) is 0 Å². The Morgan fingerprint density at radius 3 is 2.62 bits per heavy atom. The summed E-state index contributed by atoms with van der Waals surface area (Å²) in [6, 6.07) is 8.36. The number of carbonyl (C=O) groups excluding carboxylic acids is 1. The maximum atomic E-state index is 12.8. The molecule has 0 bridgehead atoms. The number of aromatic amines is 1. The normalized spacial score (nSPS) is 21.1. The van der Waals surface area contributed by atoms with Crippen LogP contribution < -0.4 is 10.9 Å². The van der Waals surface area contributed by atoms with Gasteiger partial charge in [0.15, 0.2) is 0 Å². The first-order valence-corrected chi connectivity index (χ1v) is 10.9. The number of nitrogens with zero attached hydrogens (tertiary/aromatic N) is 1. The van der Waals surface area contributed by atoms with Gasteiger partial charge < -0.3 is 10.1 Å². The summed E-state index contributed by atoms with van der Waals surface area (Å²) in [7, 11) is 0. The summed E-state index contributed by atoms with van der Waals surface area (Å²) in [6.07, 6.45) is 3.69. The molecule has 2 aliphatic heterocycles. The van der Waals surface area contributed by atoms with Gasteiger partial charge in [-0.1, -0.05) is 12.1 Å². The summed E-state index contributed by atoms with van der Waals surface area (Å²) in [4.78, 5) is 26.3. The molecule has 2 aliphatic rings. The van der Waals surface area contributed by atoms with Gasteiger partial charge in [-0.05, 0) is 36.8 Å². The number of aromatic nitrogens is 2. The van der Waals surface area contributed by atoms with Crippen LogP contribution in [-0.4, -0.2) is 40.9 Å². The van der Waals surface area contributed by atoms with E-state index < -0.39 is 0 Å². The van der Waals surface area contributed by atoms with Crippen molar-refractivity contribution < 1.29 is 9.53 Å². The Balaban J connectivity index is 1.78. The molecule has 0 unspecified atom stereocenters. The summed E-state index contributed by atoms with van der Waals surface area (Å²) < 4.78 is 7.29. The van der Waals surface area contributed by atoms with E-state index in [1.807, 2.05) is 23.1 Å². The average Bonchev–Trinajstić information content (AvgIpc) is 2.88. The SMILES string of the molecule is CSc1ccc([C@@H]2SCC(=O)Nc3c2c(=O)[nH]n3C2CCOCC2)cc1. The van der Waals surface area contributed by atoms with Crippen LogP contribution >= 0.6 is 23.5 Å². The quantitative estimate of drug-likeness (QED) is 0.787. The van der Waals surface area contributed by atoms with Crippen molar-refractivity contribution in [2.45, 2.75) is 29.0 Å². The van der Waals surface area contributed by atoms with Crippen molar-refractivity contribution in [2.75, 3.05) is 30.5 Å². The smallest absolute Gasteiger partial charge is 0.270 e. The lowest BCUT2D eigenvalue weighted by Crippen LogP contribution is -2.24. The molecule has 4 rings (SSSR count). The van der Waals surface area contributed by atoms with Crippen LogP contribution in [0, 0.1) is 0 Å². The van der Waals surface area contributed by atoms with Crippen molar-refractivity contribution in [3.63, 3.8) is 0 Å². The highest BCUT2D eigenvalue weighted by molar-refractivity contribution is 8.00. The molecule has 0 saturated carbocycles. The van der Waals surface area contributed by atoms with Gasteiger partial charge in [0.1, 0.15) is 5.82 Å². The zero-order chi connectivity index (χ0) is 18.1. The molecule has 138 valence electrons. The monoisotopic (exact) mass is 391 g/mol. The fourth-order valence-electron chi connectivity index (χ4n) is 3.50. The molecule has 1 aromatic heterocycles. The molecule has 2 N–H and O–H groups in total. The lowest BCUT2D eigenvalue weighted by atomic mass is 10.1. The van der Waals surface area contributed by atoms with Crippen molar-refractivity contribution in [2.24, 2.45) is 0 Å². The summed E-state index contributed by atoms with van der Waals surface area (Å²) in [6.45, 7) is 1.34. The number of anilines is 1. The molecule has 0 spiro atoms. The largest absolute Gasteiger partial charge is 0.381 e. The van der Waals surface area contributed by atoms with E-state index in [4.69, 9.17) is 4.74 Å². The van der Waals surface area contributed by atoms with Gasteiger partial charge in [0, 0.05) is 18.1 Å². The number of thioether (sulfide) groups is 2. The maximum absolute atomic E-state index is 12.8. The minimum absolute atomic E-state index is 0.0701. The first-order valence-electron chi connectivity index (χ1n) is 8.65. The number of ether oxygens (including phenoxy) is 1. The van der Waals surface area contributed by atoms with Crippen molar-refractivity contribution in [1.82, 2.24) is 9.78 Å². The average molecular weight is 392 g/mol. The molecule has 2 aromatic rings. The highest BCUT2D eigenvalue weighted by Crippen LogP contribution is 2.41. The molecular formula is C18H21N3O3S2. The number of hydrogen-bond donors (Lipinski definition) is 2. The number of fused-ring (bicyclic) bond motifs is 1. The lowest BCUT2D eigenvalue weighted by molar-refractivity contribution is -0.113. The van der Waals surface area contributed by atoms with Crippen molar-refractivity contribution >= 4 is 35.2 Å². The zero-order valence-corrected chi connectivity index (χ0v) is 16.1. The van der Waals surface area contributed by atoms with Gasteiger partial charge in [0.2, 0.25) is 5.91 Å². The minimum atomic E-state index is -0.162. The Morgan fingerprint density at radius 2 is 1.92 bits per heavy atom. The molecule has 8 heteroatoms. The van der Waals surface area contributed by atoms with E-state index in [0.717, 1.165) is 18.4 Å². The first-order chi connectivity index (χ1) is 12.7. The van der Waals surface area contributed by atoms with Crippen LogP contribution in [0.4, 0.5) is 5.82 Å². The molecule has 1 amide bonds. The number of nitrogens with one attached hydrogen (secondary N) is 2. The third-order valence-electron chi connectivity index (χ3n) is 4.84. The van der Waals surface area contributed by atoms with Crippen LogP contribution in [-0.2, 0) is 9.53 Å². The molecule has 6 nitrogen and oxygen atoms in total. The Morgan fingerprint density at radius 1 is 1.19 bits per heavy atom. The Bertz CT molecular complexity index is 854. The molecular weight excluding hydrogens is 370 g/mol. The third kappa shape index (κ3) is 3.33. The Hall–Kier alpha value is -1.64. The predicted molar refractivity (Wildman–Crippen MR) is 105 cm³/mol. The molecule has 1 saturated heterocycles. The molecule has 3 heterocycles. The summed E-state index contributed by atoms with van der Waals surface area (Å²) in [5, 5.41) is 5.76. The highest BCUT2D eigenvalue weighted by atomic mass is 32.2. The second-order valence-electron chi connectivity index (χ2n) is 6.43. The standard InChI is InChI=1S/C18H21N3O3S2/c1-25-13-4-2-11(3-5-13)16-15-17(19-14(22)10-26-16)21(20-18(15)23)12-6-8-24-9-7-12/h2-5,12,16H,6-10H2,1H3,(H,19,22)(H,20,23)/t16-/m0/s1. The van der Waals surface area contributed by atoms with Gasteiger partial charge in [0.25, 0.3) is 5.56 Å². The molecule has 0 aliphatic carbocycles. The van der Waals surface area contributed by atoms with E-state index in [2.05, 4.69) is 22.5 Å². The van der Waals surface area contributed by atoms with E-state index in [1.165, 1.54) is 16.7 Å². The molecule has 1 fully saturated rings. The van der Waals surface area contributed by atoms with Crippen LogP contribution in [0.15, 0.2) is 34.0 Å². The summed E-state index contributed by atoms with van der Waals surface area (Å²) in [5.74, 6) is 0.881. The number of benzene rings is 1. The minimum Gasteiger partial charge on any atom is -0.381 e. The fourth-order valence-corrected chi connectivity index (χ4v) is 5.04. The van der Waals surface area contributed by atoms with Crippen molar-refractivity contribution in [3.05, 3.63) is 45.7 Å². The molecule has 1 atom stereocenters. The van der Waals surface area contributed by atoms with Gasteiger partial charge >= 0.3 is 0 Å². The summed E-state index contributed by atoms with van der Waals surface area (Å²) >= 11 is 3.18. The van der Waals surface area contributed by atoms with E-state index in [1.54, 1.807) is 11.8 Å². The van der Waals surface area contributed by atoms with Crippen molar-refractivity contribution in [3.8, 4) is 0 Å². The zero-order valence-electron chi connectivity index (χ0n) is 14.5. The number of rotatable bonds is 3. The maximum Gasteiger partial charge on any atom is 0.270 e. The molecule has 0 radical (unpaired) electrons. The number of carbonyl (C=O) groups is 1. The van der Waals surface area contributed by atoms with Gasteiger partial charge in [-0.2, -0.15) is 0 Å². The van der Waals surface area contributed by atoms with Gasteiger partial charge in [-0.25, -0.2) is 0 Å². The van der Waals surface area contributed by atoms with Crippen LogP contribution in [0.1, 0.15) is 35.3 Å². The van der Waals surface area contributed by atoms with Crippen molar-refractivity contribution in [1.29, 1.82) is 0 Å². The number of H-pyrrole nitrogens is 1. The highest BCUT2D eigenvalue weighted by Gasteiger charge is 2.32. The molecule has 1 aromatic carbocycles. The topological polar surface area (TPSA) is 76.1 Å². The number of hydrogen-bond acceptors (Lipinski definition) is 5. The van der Waals surface area contributed by atoms with E-state index in [9.17, 15) is 9.59 Å². The van der Waals surface area contributed by atoms with Crippen LogP contribution in [0.25, 0.3) is 0 Å². The van der Waals surface area contributed by atoms with E-state index in [0.29, 0.717) is 30.3 Å². The summed E-state index contributed by atoms with van der Waals surface area (Å²) in [5.41, 5.74) is 1.56. The Kier molecular flexibility index (Phi) is 5.15. The second kappa shape index (κ2) is 7.54. The molecule has 26 heavy (non-hydrogen) atoms. The lowest BCUT2D eigenvalue weighted by Gasteiger charge is -2.25. The second-order valence-corrected chi connectivity index (χ2v) is 8.40. The van der Waals surface area contributed by atoms with Gasteiger partial charge in [0.05, 0.1) is 22.6 Å². The first kappa shape index (κ1) is 17.8. The van der Waals surface area contributed by atoms with Gasteiger partial charge in [-0.3, -0.25) is 19.4 Å². The Labute approximate surface area is 160 Å². The van der Waals surface area contributed by atoms with E-state index >= 15 is 0 Å². The fraction of sp³-hybridized carbons (Fsp3) is 0.444. The van der Waals surface area contributed by atoms with Gasteiger partial charge in [-0.15, -0.1) is 23.5 Å². The third-order valence-corrected chi connectivity index (χ3v) is 6.85. The van der Waals surface area contributed by atoms with Crippen LogP contribution in [0.5, 0.6) is 0 Å². The number of amides is 1. The van der Waals surface area contributed by atoms with Crippen LogP contribution in [0.2, 0.25) is 0 Å². The van der Waals surface area contributed by atoms with E-state index in [-0.39, 0.29) is 22.8 Å². The predicted octanol–water partition coefficient (Wildman–Crippen LogP) is 3.02.